The minimum absolute atomic E-state index is 0.0972. The summed E-state index contributed by atoms with van der Waals surface area (Å²) in [6, 6.07) is 15.6. The fourth-order valence-electron chi connectivity index (χ4n) is 2.58. The number of aromatic nitrogens is 2. The molecule has 1 heterocycles. The maximum Gasteiger partial charge on any atom is 0.280 e. The van der Waals surface area contributed by atoms with E-state index in [9.17, 15) is 14.4 Å². The van der Waals surface area contributed by atoms with Gasteiger partial charge < -0.3 is 21.1 Å². The molecule has 4 N–H and O–H groups in total. The molecule has 0 atom stereocenters. The molecule has 0 spiro atoms. The van der Waals surface area contributed by atoms with Crippen LogP contribution in [0.25, 0.3) is 5.69 Å². The van der Waals surface area contributed by atoms with Crippen molar-refractivity contribution in [3.05, 3.63) is 72.1 Å². The van der Waals surface area contributed by atoms with Crippen molar-refractivity contribution in [3.63, 3.8) is 0 Å². The van der Waals surface area contributed by atoms with Crippen LogP contribution >= 0.6 is 0 Å². The largest absolute Gasteiger partial charge is 0.493 e. The first-order valence-electron chi connectivity index (χ1n) is 8.65. The van der Waals surface area contributed by atoms with Crippen LogP contribution in [0.3, 0.4) is 0 Å². The molecular weight excluding hydrogens is 374 g/mol. The fourth-order valence-corrected chi connectivity index (χ4v) is 2.58. The molecule has 0 aliphatic carbocycles. The van der Waals surface area contributed by atoms with Crippen molar-refractivity contribution in [2.45, 2.75) is 0 Å². The van der Waals surface area contributed by atoms with Crippen LogP contribution in [0.4, 0.5) is 5.69 Å². The number of nitrogens with one attached hydrogen (secondary N) is 2. The van der Waals surface area contributed by atoms with Gasteiger partial charge in [-0.15, -0.1) is 0 Å². The molecule has 0 aliphatic rings. The lowest BCUT2D eigenvalue weighted by Gasteiger charge is -2.07. The number of methoxy groups -OCH3 is 1. The molecule has 0 bridgehead atoms. The highest BCUT2D eigenvalue weighted by molar-refractivity contribution is 6.05. The Morgan fingerprint density at radius 3 is 2.52 bits per heavy atom. The van der Waals surface area contributed by atoms with Crippen molar-refractivity contribution in [1.29, 1.82) is 0 Å². The first-order chi connectivity index (χ1) is 14.0. The van der Waals surface area contributed by atoms with Crippen LogP contribution in [0.2, 0.25) is 0 Å². The number of benzene rings is 2. The molecule has 9 heteroatoms. The maximum atomic E-state index is 12.7. The van der Waals surface area contributed by atoms with Gasteiger partial charge >= 0.3 is 0 Å². The normalized spacial score (nSPS) is 10.2. The Labute approximate surface area is 166 Å². The van der Waals surface area contributed by atoms with E-state index in [1.807, 2.05) is 30.3 Å². The van der Waals surface area contributed by atoms with Crippen LogP contribution in [0.1, 0.15) is 20.8 Å². The van der Waals surface area contributed by atoms with Crippen molar-refractivity contribution < 1.29 is 19.1 Å². The second-order valence-electron chi connectivity index (χ2n) is 6.01. The second kappa shape index (κ2) is 8.70. The zero-order valence-electron chi connectivity index (χ0n) is 15.6. The number of para-hydroxylation sites is 1. The predicted molar refractivity (Wildman–Crippen MR) is 106 cm³/mol. The Bertz CT molecular complexity index is 1050. The Balaban J connectivity index is 1.78. The minimum Gasteiger partial charge on any atom is -0.493 e. The number of nitrogens with zero attached hydrogens (tertiary/aromatic N) is 2. The smallest absolute Gasteiger partial charge is 0.280 e. The minimum atomic E-state index is -0.649. The van der Waals surface area contributed by atoms with Crippen LogP contribution in [0, 0.1) is 0 Å². The Kier molecular flexibility index (Phi) is 5.88. The Morgan fingerprint density at radius 2 is 1.83 bits per heavy atom. The lowest BCUT2D eigenvalue weighted by molar-refractivity contribution is -0.117. The lowest BCUT2D eigenvalue weighted by atomic mass is 10.2. The molecule has 0 saturated carbocycles. The summed E-state index contributed by atoms with van der Waals surface area (Å²) in [5.74, 6) is -1.32. The van der Waals surface area contributed by atoms with Gasteiger partial charge in [-0.05, 0) is 30.3 Å². The standard InChI is InChI=1S/C20H19N5O4/c1-29-16-12-25(15-8-3-2-4-9-15)24-18(16)20(28)23-14-7-5-6-13(10-14)19(27)22-11-17(21)26/h2-10,12H,11H2,1H3,(H2,21,26)(H,22,27)(H,23,28). The number of rotatable bonds is 7. The number of ether oxygens (including phenoxy) is 1. The molecule has 29 heavy (non-hydrogen) atoms. The zero-order valence-corrected chi connectivity index (χ0v) is 15.6. The van der Waals surface area contributed by atoms with E-state index in [0.29, 0.717) is 11.4 Å². The molecule has 0 saturated heterocycles. The van der Waals surface area contributed by atoms with Crippen molar-refractivity contribution >= 4 is 23.4 Å². The summed E-state index contributed by atoms with van der Waals surface area (Å²) >= 11 is 0. The maximum absolute atomic E-state index is 12.7. The third kappa shape index (κ3) is 4.78. The molecule has 0 fully saturated rings. The quantitative estimate of drug-likeness (QED) is 0.558. The van der Waals surface area contributed by atoms with E-state index in [2.05, 4.69) is 15.7 Å². The van der Waals surface area contributed by atoms with Gasteiger partial charge in [-0.1, -0.05) is 24.3 Å². The van der Waals surface area contributed by atoms with E-state index in [1.54, 1.807) is 29.1 Å². The van der Waals surface area contributed by atoms with E-state index in [-0.39, 0.29) is 17.8 Å². The van der Waals surface area contributed by atoms with Gasteiger partial charge in [-0.3, -0.25) is 14.4 Å². The van der Waals surface area contributed by atoms with Gasteiger partial charge in [0.2, 0.25) is 5.91 Å². The van der Waals surface area contributed by atoms with Gasteiger partial charge in [0, 0.05) is 11.3 Å². The van der Waals surface area contributed by atoms with Crippen molar-refractivity contribution in [1.82, 2.24) is 15.1 Å². The van der Waals surface area contributed by atoms with Crippen molar-refractivity contribution in [2.24, 2.45) is 5.73 Å². The van der Waals surface area contributed by atoms with Gasteiger partial charge in [-0.25, -0.2) is 4.68 Å². The summed E-state index contributed by atoms with van der Waals surface area (Å²) in [6.07, 6.45) is 1.61. The Morgan fingerprint density at radius 1 is 1.07 bits per heavy atom. The first kappa shape index (κ1) is 19.6. The van der Waals surface area contributed by atoms with Crippen LogP contribution in [-0.4, -0.2) is 41.2 Å². The molecule has 148 valence electrons. The van der Waals surface area contributed by atoms with Gasteiger partial charge in [-0.2, -0.15) is 5.10 Å². The molecular formula is C20H19N5O4. The molecule has 2 aromatic carbocycles. The average molecular weight is 393 g/mol. The van der Waals surface area contributed by atoms with Crippen molar-refractivity contribution in [2.75, 3.05) is 19.0 Å². The predicted octanol–water partition coefficient (Wildman–Crippen LogP) is 1.35. The molecule has 0 unspecified atom stereocenters. The number of hydrogen-bond acceptors (Lipinski definition) is 5. The van der Waals surface area contributed by atoms with Crippen molar-refractivity contribution in [3.8, 4) is 11.4 Å². The molecule has 3 aromatic rings. The molecule has 1 aromatic heterocycles. The summed E-state index contributed by atoms with van der Waals surface area (Å²) in [5, 5.41) is 9.38. The fraction of sp³-hybridized carbons (Fsp3) is 0.100. The molecule has 9 nitrogen and oxygen atoms in total. The summed E-state index contributed by atoms with van der Waals surface area (Å²) in [5.41, 5.74) is 6.55. The van der Waals surface area contributed by atoms with Crippen LogP contribution in [0.5, 0.6) is 5.75 Å². The number of amides is 3. The average Bonchev–Trinajstić information content (AvgIpc) is 3.17. The summed E-state index contributed by atoms with van der Waals surface area (Å²) in [7, 11) is 1.45. The highest BCUT2D eigenvalue weighted by Crippen LogP contribution is 2.21. The third-order valence-corrected chi connectivity index (χ3v) is 3.94. The number of anilines is 1. The number of hydrogen-bond donors (Lipinski definition) is 3. The van der Waals surface area contributed by atoms with E-state index < -0.39 is 17.7 Å². The molecule has 0 radical (unpaired) electrons. The van der Waals surface area contributed by atoms with E-state index in [4.69, 9.17) is 10.5 Å². The number of nitrogens with two attached hydrogens (primary N) is 1. The molecule has 3 rings (SSSR count). The third-order valence-electron chi connectivity index (χ3n) is 3.94. The van der Waals surface area contributed by atoms with E-state index >= 15 is 0 Å². The lowest BCUT2D eigenvalue weighted by Crippen LogP contribution is -2.33. The summed E-state index contributed by atoms with van der Waals surface area (Å²) in [6.45, 7) is -0.274. The number of carbonyl (C=O) groups excluding carboxylic acids is 3. The first-order valence-corrected chi connectivity index (χ1v) is 8.65. The monoisotopic (exact) mass is 393 g/mol. The summed E-state index contributed by atoms with van der Waals surface area (Å²) < 4.78 is 6.81. The van der Waals surface area contributed by atoms with Gasteiger partial charge in [0.1, 0.15) is 0 Å². The highest BCUT2D eigenvalue weighted by atomic mass is 16.5. The van der Waals surface area contributed by atoms with Crippen LogP contribution < -0.4 is 21.1 Å². The van der Waals surface area contributed by atoms with E-state index in [1.165, 1.54) is 13.2 Å². The van der Waals surface area contributed by atoms with Crippen LogP contribution in [0.15, 0.2) is 60.8 Å². The SMILES string of the molecule is COc1cn(-c2ccccc2)nc1C(=O)Nc1cccc(C(=O)NCC(N)=O)c1. The molecule has 3 amide bonds. The van der Waals surface area contributed by atoms with Gasteiger partial charge in [0.15, 0.2) is 11.4 Å². The molecule has 0 aliphatic heterocycles. The number of carbonyl (C=O) groups is 3. The second-order valence-corrected chi connectivity index (χ2v) is 6.01. The zero-order chi connectivity index (χ0) is 20.8. The topological polar surface area (TPSA) is 128 Å². The Hall–Kier alpha value is -4.14. The number of primary amides is 1. The van der Waals surface area contributed by atoms with Gasteiger partial charge in [0.05, 0.1) is 25.5 Å². The highest BCUT2D eigenvalue weighted by Gasteiger charge is 2.19. The van der Waals surface area contributed by atoms with E-state index in [0.717, 1.165) is 5.69 Å². The van der Waals surface area contributed by atoms with Gasteiger partial charge in [0.25, 0.3) is 11.8 Å². The summed E-state index contributed by atoms with van der Waals surface area (Å²) in [4.78, 5) is 35.6. The van der Waals surface area contributed by atoms with Crippen LogP contribution in [-0.2, 0) is 4.79 Å².